The van der Waals surface area contributed by atoms with Crippen LogP contribution in [0.3, 0.4) is 0 Å². The molecule has 3 N–H and O–H groups in total. The summed E-state index contributed by atoms with van der Waals surface area (Å²) in [5.41, 5.74) is 6.72. The Balaban J connectivity index is 2.52. The molecule has 1 rings (SSSR count). The standard InChI is InChI=1S/C13H19N3O4/c1-8(2)11(12(17)19-3)16-13(18)20-7-9-4-10(14)6-15-5-9/h4-6,8,11H,7,14H2,1-3H3,(H,16,18)/t11-/m0/s1. The average Bonchev–Trinajstić information content (AvgIpc) is 2.41. The Labute approximate surface area is 117 Å². The van der Waals surface area contributed by atoms with Gasteiger partial charge in [0.1, 0.15) is 12.6 Å². The predicted octanol–water partition coefficient (Wildman–Crippen LogP) is 1.09. The molecule has 0 radical (unpaired) electrons. The van der Waals surface area contributed by atoms with Gasteiger partial charge >= 0.3 is 12.1 Å². The lowest BCUT2D eigenvalue weighted by Gasteiger charge is -2.19. The second kappa shape index (κ2) is 7.32. The highest BCUT2D eigenvalue weighted by atomic mass is 16.6. The van der Waals surface area contributed by atoms with Gasteiger partial charge in [0.05, 0.1) is 12.8 Å². The summed E-state index contributed by atoms with van der Waals surface area (Å²) >= 11 is 0. The summed E-state index contributed by atoms with van der Waals surface area (Å²) in [6.45, 7) is 3.61. The zero-order chi connectivity index (χ0) is 15.1. The van der Waals surface area contributed by atoms with E-state index in [1.165, 1.54) is 13.3 Å². The molecule has 0 aromatic carbocycles. The van der Waals surface area contributed by atoms with Gasteiger partial charge in [0.2, 0.25) is 0 Å². The number of alkyl carbamates (subject to hydrolysis) is 1. The first-order valence-electron chi connectivity index (χ1n) is 6.14. The van der Waals surface area contributed by atoms with Crippen molar-refractivity contribution in [2.24, 2.45) is 5.92 Å². The molecule has 0 aliphatic carbocycles. The van der Waals surface area contributed by atoms with Crippen molar-refractivity contribution in [2.45, 2.75) is 26.5 Å². The number of amides is 1. The number of rotatable bonds is 5. The van der Waals surface area contributed by atoms with Crippen LogP contribution < -0.4 is 11.1 Å². The number of esters is 1. The van der Waals surface area contributed by atoms with E-state index in [9.17, 15) is 9.59 Å². The third-order valence-electron chi connectivity index (χ3n) is 2.58. The van der Waals surface area contributed by atoms with Gasteiger partial charge in [-0.05, 0) is 12.0 Å². The number of nitrogen functional groups attached to an aromatic ring is 1. The summed E-state index contributed by atoms with van der Waals surface area (Å²) in [5, 5.41) is 2.46. The summed E-state index contributed by atoms with van der Waals surface area (Å²) in [6.07, 6.45) is 2.34. The third-order valence-corrected chi connectivity index (χ3v) is 2.58. The Hall–Kier alpha value is -2.31. The first kappa shape index (κ1) is 15.7. The van der Waals surface area contributed by atoms with E-state index in [2.05, 4.69) is 15.0 Å². The maximum Gasteiger partial charge on any atom is 0.408 e. The molecular formula is C13H19N3O4. The van der Waals surface area contributed by atoms with Gasteiger partial charge in [-0.1, -0.05) is 13.8 Å². The van der Waals surface area contributed by atoms with Crippen molar-refractivity contribution >= 4 is 17.7 Å². The fourth-order valence-corrected chi connectivity index (χ4v) is 1.53. The van der Waals surface area contributed by atoms with Crippen LogP contribution in [-0.2, 0) is 20.9 Å². The van der Waals surface area contributed by atoms with Crippen LogP contribution in [0, 0.1) is 5.92 Å². The zero-order valence-corrected chi connectivity index (χ0v) is 11.8. The third kappa shape index (κ3) is 4.75. The number of anilines is 1. The average molecular weight is 281 g/mol. The van der Waals surface area contributed by atoms with Crippen LogP contribution in [-0.4, -0.2) is 30.2 Å². The second-order valence-electron chi connectivity index (χ2n) is 4.59. The van der Waals surface area contributed by atoms with E-state index in [1.807, 2.05) is 0 Å². The quantitative estimate of drug-likeness (QED) is 0.783. The zero-order valence-electron chi connectivity index (χ0n) is 11.8. The monoisotopic (exact) mass is 281 g/mol. The highest BCUT2D eigenvalue weighted by Gasteiger charge is 2.25. The summed E-state index contributed by atoms with van der Waals surface area (Å²) < 4.78 is 9.62. The molecule has 0 aliphatic heterocycles. The first-order valence-corrected chi connectivity index (χ1v) is 6.14. The molecule has 1 atom stereocenters. The fourth-order valence-electron chi connectivity index (χ4n) is 1.53. The van der Waals surface area contributed by atoms with Crippen molar-refractivity contribution in [2.75, 3.05) is 12.8 Å². The highest BCUT2D eigenvalue weighted by Crippen LogP contribution is 2.07. The highest BCUT2D eigenvalue weighted by molar-refractivity contribution is 5.81. The van der Waals surface area contributed by atoms with E-state index in [4.69, 9.17) is 10.5 Å². The maximum atomic E-state index is 11.6. The first-order chi connectivity index (χ1) is 9.43. The number of hydrogen-bond donors (Lipinski definition) is 2. The predicted molar refractivity (Wildman–Crippen MR) is 72.6 cm³/mol. The smallest absolute Gasteiger partial charge is 0.408 e. The largest absolute Gasteiger partial charge is 0.467 e. The van der Waals surface area contributed by atoms with Crippen LogP contribution in [0.1, 0.15) is 19.4 Å². The molecule has 7 heteroatoms. The van der Waals surface area contributed by atoms with Gasteiger partial charge in [-0.3, -0.25) is 4.98 Å². The van der Waals surface area contributed by atoms with Crippen molar-refractivity contribution in [1.82, 2.24) is 10.3 Å². The molecule has 0 fully saturated rings. The van der Waals surface area contributed by atoms with Gasteiger partial charge in [-0.25, -0.2) is 9.59 Å². The molecule has 0 saturated carbocycles. The summed E-state index contributed by atoms with van der Waals surface area (Å²) in [6, 6.07) is 0.909. The van der Waals surface area contributed by atoms with Crippen LogP contribution in [0.5, 0.6) is 0 Å². The number of carbonyl (C=O) groups excluding carboxylic acids is 2. The lowest BCUT2D eigenvalue weighted by molar-refractivity contribution is -0.144. The van der Waals surface area contributed by atoms with Gasteiger partial charge in [-0.2, -0.15) is 0 Å². The van der Waals surface area contributed by atoms with Crippen molar-refractivity contribution < 1.29 is 19.1 Å². The van der Waals surface area contributed by atoms with E-state index in [0.29, 0.717) is 11.3 Å². The molecular weight excluding hydrogens is 262 g/mol. The molecule has 0 bridgehead atoms. The number of nitrogens with zero attached hydrogens (tertiary/aromatic N) is 1. The van der Waals surface area contributed by atoms with E-state index < -0.39 is 18.1 Å². The van der Waals surface area contributed by atoms with Gasteiger partial charge < -0.3 is 20.5 Å². The Morgan fingerprint density at radius 3 is 2.65 bits per heavy atom. The molecule has 1 aromatic rings. The van der Waals surface area contributed by atoms with Gasteiger partial charge in [-0.15, -0.1) is 0 Å². The number of carbonyl (C=O) groups is 2. The SMILES string of the molecule is COC(=O)[C@@H](NC(=O)OCc1cncc(N)c1)C(C)C. The van der Waals surface area contributed by atoms with E-state index >= 15 is 0 Å². The molecule has 0 unspecified atom stereocenters. The van der Waals surface area contributed by atoms with E-state index in [-0.39, 0.29) is 12.5 Å². The molecule has 20 heavy (non-hydrogen) atoms. The Bertz CT molecular complexity index is 476. The summed E-state index contributed by atoms with van der Waals surface area (Å²) in [4.78, 5) is 27.0. The van der Waals surface area contributed by atoms with Gasteiger partial charge in [0, 0.05) is 18.0 Å². The lowest BCUT2D eigenvalue weighted by Crippen LogP contribution is -2.45. The number of hydrogen-bond acceptors (Lipinski definition) is 6. The number of nitrogens with one attached hydrogen (secondary N) is 1. The van der Waals surface area contributed by atoms with Crippen molar-refractivity contribution in [3.8, 4) is 0 Å². The molecule has 1 aromatic heterocycles. The number of ether oxygens (including phenoxy) is 2. The summed E-state index contributed by atoms with van der Waals surface area (Å²) in [5.74, 6) is -0.619. The van der Waals surface area contributed by atoms with Crippen LogP contribution in [0.15, 0.2) is 18.5 Å². The Morgan fingerprint density at radius 2 is 2.10 bits per heavy atom. The minimum atomic E-state index is -0.744. The van der Waals surface area contributed by atoms with Gasteiger partial charge in [0.25, 0.3) is 0 Å². The normalized spacial score (nSPS) is 11.8. The lowest BCUT2D eigenvalue weighted by atomic mass is 10.1. The van der Waals surface area contributed by atoms with Gasteiger partial charge in [0.15, 0.2) is 0 Å². The van der Waals surface area contributed by atoms with Crippen molar-refractivity contribution in [1.29, 1.82) is 0 Å². The van der Waals surface area contributed by atoms with Crippen LogP contribution in [0.4, 0.5) is 10.5 Å². The maximum absolute atomic E-state index is 11.6. The second-order valence-corrected chi connectivity index (χ2v) is 4.59. The van der Waals surface area contributed by atoms with Crippen LogP contribution in [0.2, 0.25) is 0 Å². The van der Waals surface area contributed by atoms with Crippen LogP contribution >= 0.6 is 0 Å². The number of methoxy groups -OCH3 is 1. The molecule has 1 heterocycles. The summed E-state index contributed by atoms with van der Waals surface area (Å²) in [7, 11) is 1.27. The van der Waals surface area contributed by atoms with E-state index in [0.717, 1.165) is 0 Å². The topological polar surface area (TPSA) is 104 Å². The minimum absolute atomic E-state index is 0.0237. The number of aromatic nitrogens is 1. The number of pyridine rings is 1. The Kier molecular flexibility index (Phi) is 5.76. The molecule has 0 spiro atoms. The molecule has 1 amide bonds. The molecule has 0 aliphatic rings. The van der Waals surface area contributed by atoms with E-state index in [1.54, 1.807) is 26.1 Å². The van der Waals surface area contributed by atoms with Crippen molar-refractivity contribution in [3.63, 3.8) is 0 Å². The molecule has 110 valence electrons. The van der Waals surface area contributed by atoms with Crippen molar-refractivity contribution in [3.05, 3.63) is 24.0 Å². The fraction of sp³-hybridized carbons (Fsp3) is 0.462. The Morgan fingerprint density at radius 1 is 1.40 bits per heavy atom. The molecule has 0 saturated heterocycles. The minimum Gasteiger partial charge on any atom is -0.467 e. The molecule has 7 nitrogen and oxygen atoms in total. The number of nitrogens with two attached hydrogens (primary N) is 1. The van der Waals surface area contributed by atoms with Crippen LogP contribution in [0.25, 0.3) is 0 Å².